The Hall–Kier alpha value is 0.310. The molecular formula is C14H27NS. The number of nitrogens with one attached hydrogen (secondary N) is 1. The molecule has 0 spiro atoms. The monoisotopic (exact) mass is 241 g/mol. The summed E-state index contributed by atoms with van der Waals surface area (Å²) >= 11 is 2.17. The second-order valence-electron chi connectivity index (χ2n) is 5.50. The lowest BCUT2D eigenvalue weighted by Crippen LogP contribution is -2.37. The maximum Gasteiger partial charge on any atom is 0.00777 e. The summed E-state index contributed by atoms with van der Waals surface area (Å²) in [5, 5.41) is 4.78. The fourth-order valence-corrected chi connectivity index (χ4v) is 4.44. The Balaban J connectivity index is 1.64. The van der Waals surface area contributed by atoms with Crippen molar-refractivity contribution in [3.05, 3.63) is 0 Å². The minimum atomic E-state index is 0.832. The van der Waals surface area contributed by atoms with Crippen molar-refractivity contribution in [3.8, 4) is 0 Å². The van der Waals surface area contributed by atoms with Crippen LogP contribution < -0.4 is 5.32 Å². The second kappa shape index (κ2) is 6.90. The molecule has 0 radical (unpaired) electrons. The molecule has 2 aliphatic rings. The van der Waals surface area contributed by atoms with E-state index in [0.29, 0.717) is 0 Å². The van der Waals surface area contributed by atoms with Crippen LogP contribution in [-0.4, -0.2) is 23.6 Å². The first-order valence-corrected chi connectivity index (χ1v) is 8.28. The first-order chi connectivity index (χ1) is 7.88. The molecule has 2 rings (SSSR count). The van der Waals surface area contributed by atoms with Crippen molar-refractivity contribution in [3.63, 3.8) is 0 Å². The van der Waals surface area contributed by atoms with E-state index in [2.05, 4.69) is 24.0 Å². The molecule has 0 saturated heterocycles. The van der Waals surface area contributed by atoms with E-state index in [4.69, 9.17) is 0 Å². The maximum atomic E-state index is 3.84. The number of rotatable bonds is 5. The highest BCUT2D eigenvalue weighted by Gasteiger charge is 2.23. The van der Waals surface area contributed by atoms with Crippen molar-refractivity contribution in [2.24, 2.45) is 5.92 Å². The smallest absolute Gasteiger partial charge is 0.00777 e. The normalized spacial score (nSPS) is 32.1. The average Bonchev–Trinajstić information content (AvgIpc) is 2.80. The Morgan fingerprint density at radius 1 is 1.06 bits per heavy atom. The fraction of sp³-hybridized carbons (Fsp3) is 1.00. The molecule has 2 atom stereocenters. The van der Waals surface area contributed by atoms with Gasteiger partial charge in [0.25, 0.3) is 0 Å². The molecule has 0 heterocycles. The van der Waals surface area contributed by atoms with E-state index in [1.165, 1.54) is 63.7 Å². The molecule has 16 heavy (non-hydrogen) atoms. The van der Waals surface area contributed by atoms with Gasteiger partial charge in [0.15, 0.2) is 0 Å². The molecule has 0 aromatic rings. The zero-order chi connectivity index (χ0) is 11.2. The standard InChI is InChI=1S/C14H27NS/c1-2-16-14-9-5-8-13(10-14)15-11-12-6-3-4-7-12/h12-15H,2-11H2,1H3. The molecule has 2 heteroatoms. The van der Waals surface area contributed by atoms with Gasteiger partial charge in [0.2, 0.25) is 0 Å². The molecule has 0 aromatic heterocycles. The maximum absolute atomic E-state index is 3.84. The summed E-state index contributed by atoms with van der Waals surface area (Å²) in [5.41, 5.74) is 0. The van der Waals surface area contributed by atoms with Crippen LogP contribution in [0.1, 0.15) is 58.3 Å². The van der Waals surface area contributed by atoms with E-state index in [1.807, 2.05) is 0 Å². The van der Waals surface area contributed by atoms with Crippen LogP contribution >= 0.6 is 11.8 Å². The van der Waals surface area contributed by atoms with Gasteiger partial charge in [-0.3, -0.25) is 0 Å². The molecule has 0 aromatic carbocycles. The van der Waals surface area contributed by atoms with Gasteiger partial charge in [0.1, 0.15) is 0 Å². The third kappa shape index (κ3) is 3.96. The summed E-state index contributed by atoms with van der Waals surface area (Å²) in [6.07, 6.45) is 11.7. The van der Waals surface area contributed by atoms with E-state index in [1.54, 1.807) is 0 Å². The summed E-state index contributed by atoms with van der Waals surface area (Å²) < 4.78 is 0. The van der Waals surface area contributed by atoms with Crippen molar-refractivity contribution < 1.29 is 0 Å². The van der Waals surface area contributed by atoms with Gasteiger partial charge >= 0.3 is 0 Å². The lowest BCUT2D eigenvalue weighted by molar-refractivity contribution is 0.353. The van der Waals surface area contributed by atoms with Crippen molar-refractivity contribution in [2.45, 2.75) is 69.6 Å². The summed E-state index contributed by atoms with van der Waals surface area (Å²) in [6.45, 7) is 3.59. The lowest BCUT2D eigenvalue weighted by atomic mass is 9.94. The van der Waals surface area contributed by atoms with Crippen molar-refractivity contribution >= 4 is 11.8 Å². The van der Waals surface area contributed by atoms with Gasteiger partial charge in [0.05, 0.1) is 0 Å². The average molecular weight is 241 g/mol. The highest BCUT2D eigenvalue weighted by Crippen LogP contribution is 2.29. The molecule has 2 saturated carbocycles. The molecule has 94 valence electrons. The summed E-state index contributed by atoms with van der Waals surface area (Å²) in [6, 6.07) is 0.832. The Kier molecular flexibility index (Phi) is 5.51. The minimum absolute atomic E-state index is 0.832. The molecule has 0 amide bonds. The predicted molar refractivity (Wildman–Crippen MR) is 74.1 cm³/mol. The molecule has 1 nitrogen and oxygen atoms in total. The van der Waals surface area contributed by atoms with E-state index in [-0.39, 0.29) is 0 Å². The lowest BCUT2D eigenvalue weighted by Gasteiger charge is -2.30. The van der Waals surface area contributed by atoms with Gasteiger partial charge in [-0.1, -0.05) is 26.2 Å². The van der Waals surface area contributed by atoms with Gasteiger partial charge in [-0.15, -0.1) is 0 Å². The van der Waals surface area contributed by atoms with Crippen LogP contribution in [0.3, 0.4) is 0 Å². The van der Waals surface area contributed by atoms with Crippen molar-refractivity contribution in [1.29, 1.82) is 0 Å². The Labute approximate surface area is 105 Å². The zero-order valence-electron chi connectivity index (χ0n) is 10.7. The molecule has 1 N–H and O–H groups in total. The summed E-state index contributed by atoms with van der Waals surface area (Å²) in [5.74, 6) is 2.29. The summed E-state index contributed by atoms with van der Waals surface area (Å²) in [4.78, 5) is 0. The van der Waals surface area contributed by atoms with Crippen LogP contribution in [0.4, 0.5) is 0 Å². The Bertz CT molecular complexity index is 187. The van der Waals surface area contributed by atoms with Gasteiger partial charge in [-0.05, 0) is 50.3 Å². The van der Waals surface area contributed by atoms with Gasteiger partial charge in [-0.25, -0.2) is 0 Å². The zero-order valence-corrected chi connectivity index (χ0v) is 11.5. The highest BCUT2D eigenvalue weighted by molar-refractivity contribution is 7.99. The van der Waals surface area contributed by atoms with E-state index < -0.39 is 0 Å². The van der Waals surface area contributed by atoms with Crippen molar-refractivity contribution in [2.75, 3.05) is 12.3 Å². The molecule has 0 aliphatic heterocycles. The number of hydrogen-bond donors (Lipinski definition) is 1. The van der Waals surface area contributed by atoms with Gasteiger partial charge < -0.3 is 5.32 Å². The largest absolute Gasteiger partial charge is 0.314 e. The first kappa shape index (κ1) is 12.8. The molecule has 2 fully saturated rings. The van der Waals surface area contributed by atoms with Gasteiger partial charge in [0, 0.05) is 11.3 Å². The number of hydrogen-bond acceptors (Lipinski definition) is 2. The van der Waals surface area contributed by atoms with Crippen molar-refractivity contribution in [1.82, 2.24) is 5.32 Å². The van der Waals surface area contributed by atoms with E-state index in [9.17, 15) is 0 Å². The van der Waals surface area contributed by atoms with Crippen LogP contribution in [0.5, 0.6) is 0 Å². The van der Waals surface area contributed by atoms with Gasteiger partial charge in [-0.2, -0.15) is 11.8 Å². The fourth-order valence-electron chi connectivity index (χ4n) is 3.27. The van der Waals surface area contributed by atoms with E-state index >= 15 is 0 Å². The Morgan fingerprint density at radius 2 is 1.88 bits per heavy atom. The van der Waals surface area contributed by atoms with Crippen LogP contribution in [0.15, 0.2) is 0 Å². The van der Waals surface area contributed by atoms with Crippen LogP contribution in [0, 0.1) is 5.92 Å². The van der Waals surface area contributed by atoms with Crippen LogP contribution in [0.25, 0.3) is 0 Å². The predicted octanol–water partition coefficient (Wildman–Crippen LogP) is 3.83. The quantitative estimate of drug-likeness (QED) is 0.785. The Morgan fingerprint density at radius 3 is 2.62 bits per heavy atom. The molecule has 2 unspecified atom stereocenters. The van der Waals surface area contributed by atoms with E-state index in [0.717, 1.165) is 17.2 Å². The molecule has 0 bridgehead atoms. The first-order valence-electron chi connectivity index (χ1n) is 7.23. The highest BCUT2D eigenvalue weighted by atomic mass is 32.2. The SMILES string of the molecule is CCSC1CCCC(NCC2CCCC2)C1. The topological polar surface area (TPSA) is 12.0 Å². The molecule has 2 aliphatic carbocycles. The number of thioether (sulfide) groups is 1. The third-order valence-electron chi connectivity index (χ3n) is 4.20. The van der Waals surface area contributed by atoms with Crippen LogP contribution in [-0.2, 0) is 0 Å². The second-order valence-corrected chi connectivity index (χ2v) is 7.08. The third-order valence-corrected chi connectivity index (χ3v) is 5.43. The molecular weight excluding hydrogens is 214 g/mol. The van der Waals surface area contributed by atoms with Crippen LogP contribution in [0.2, 0.25) is 0 Å². The summed E-state index contributed by atoms with van der Waals surface area (Å²) in [7, 11) is 0. The minimum Gasteiger partial charge on any atom is -0.314 e.